The van der Waals surface area contributed by atoms with Crippen molar-refractivity contribution in [1.82, 2.24) is 9.55 Å². The first-order chi connectivity index (χ1) is 12.6. The highest BCUT2D eigenvalue weighted by Crippen LogP contribution is 2.33. The summed E-state index contributed by atoms with van der Waals surface area (Å²) in [5, 5.41) is 9.30. The van der Waals surface area contributed by atoms with Gasteiger partial charge < -0.3 is 23.9 Å². The first kappa shape index (κ1) is 16.5. The van der Waals surface area contributed by atoms with Crippen LogP contribution in [-0.4, -0.2) is 30.6 Å². The molecule has 8 heteroatoms. The van der Waals surface area contributed by atoms with E-state index in [0.29, 0.717) is 39.4 Å². The highest BCUT2D eigenvalue weighted by Gasteiger charge is 2.14. The Hall–Kier alpha value is -3.00. The lowest BCUT2D eigenvalue weighted by Crippen LogP contribution is -2.23. The van der Waals surface area contributed by atoms with Crippen LogP contribution in [0.4, 0.5) is 0 Å². The molecular weight excluding hydrogens is 354 g/mol. The van der Waals surface area contributed by atoms with E-state index in [1.54, 1.807) is 30.9 Å². The number of methoxy groups -OCH3 is 2. The Balaban J connectivity index is 1.82. The lowest BCUT2D eigenvalue weighted by Gasteiger charge is -2.13. The molecular formula is C18H17N3O4S. The van der Waals surface area contributed by atoms with E-state index in [-0.39, 0.29) is 6.79 Å². The number of fused-ring (bicyclic) bond motifs is 2. The van der Waals surface area contributed by atoms with E-state index < -0.39 is 0 Å². The molecule has 0 atom stereocenters. The predicted molar refractivity (Wildman–Crippen MR) is 97.7 cm³/mol. The number of hydrogen-bond acceptors (Lipinski definition) is 6. The molecule has 1 aliphatic rings. The highest BCUT2D eigenvalue weighted by atomic mass is 32.1. The number of nitrogens with zero attached hydrogens (tertiary/aromatic N) is 1. The van der Waals surface area contributed by atoms with Gasteiger partial charge in [-0.05, 0) is 36.0 Å². The summed E-state index contributed by atoms with van der Waals surface area (Å²) in [5.74, 6) is 2.58. The minimum Gasteiger partial charge on any atom is -0.493 e. The van der Waals surface area contributed by atoms with E-state index in [9.17, 15) is 0 Å². The third-order valence-corrected chi connectivity index (χ3v) is 4.64. The zero-order valence-corrected chi connectivity index (χ0v) is 15.1. The van der Waals surface area contributed by atoms with E-state index in [4.69, 9.17) is 36.6 Å². The summed E-state index contributed by atoms with van der Waals surface area (Å²) >= 11 is 5.47. The van der Waals surface area contributed by atoms with Gasteiger partial charge in [-0.3, -0.25) is 9.98 Å². The van der Waals surface area contributed by atoms with Crippen LogP contribution >= 0.6 is 12.2 Å². The van der Waals surface area contributed by atoms with Crippen LogP contribution in [0.1, 0.15) is 5.56 Å². The van der Waals surface area contributed by atoms with Crippen molar-refractivity contribution in [3.05, 3.63) is 46.2 Å². The summed E-state index contributed by atoms with van der Waals surface area (Å²) in [6.07, 6.45) is 0. The SMILES string of the molecule is COc1cc2[nH]c(=S)n(Cc3ccc4c(c3)OCO4)c(=N)c2cc1OC. The molecule has 1 aliphatic heterocycles. The highest BCUT2D eigenvalue weighted by molar-refractivity contribution is 7.71. The van der Waals surface area contributed by atoms with Crippen LogP contribution in [-0.2, 0) is 6.54 Å². The van der Waals surface area contributed by atoms with Crippen molar-refractivity contribution in [3.8, 4) is 23.0 Å². The van der Waals surface area contributed by atoms with Gasteiger partial charge in [-0.2, -0.15) is 0 Å². The third-order valence-electron chi connectivity index (χ3n) is 4.31. The number of ether oxygens (including phenoxy) is 4. The molecule has 7 nitrogen and oxygen atoms in total. The van der Waals surface area contributed by atoms with Crippen molar-refractivity contribution in [2.45, 2.75) is 6.54 Å². The lowest BCUT2D eigenvalue weighted by molar-refractivity contribution is 0.174. The first-order valence-corrected chi connectivity index (χ1v) is 8.33. The molecule has 134 valence electrons. The molecule has 0 spiro atoms. The van der Waals surface area contributed by atoms with E-state index >= 15 is 0 Å². The molecule has 0 fully saturated rings. The molecule has 0 saturated heterocycles. The number of hydrogen-bond donors (Lipinski definition) is 2. The average Bonchev–Trinajstić information content (AvgIpc) is 3.12. The predicted octanol–water partition coefficient (Wildman–Crippen LogP) is 2.97. The first-order valence-electron chi connectivity index (χ1n) is 7.92. The van der Waals surface area contributed by atoms with Crippen LogP contribution in [0, 0.1) is 10.2 Å². The number of benzene rings is 2. The fourth-order valence-corrected chi connectivity index (χ4v) is 3.25. The fraction of sp³-hybridized carbons (Fsp3) is 0.222. The normalized spacial score (nSPS) is 12.4. The third kappa shape index (κ3) is 2.68. The van der Waals surface area contributed by atoms with E-state index in [1.807, 2.05) is 18.2 Å². The molecule has 0 aliphatic carbocycles. The second-order valence-electron chi connectivity index (χ2n) is 5.81. The molecule has 4 rings (SSSR count). The Morgan fingerprint density at radius 3 is 2.62 bits per heavy atom. The van der Waals surface area contributed by atoms with Crippen molar-refractivity contribution in [1.29, 1.82) is 5.41 Å². The van der Waals surface area contributed by atoms with Crippen molar-refractivity contribution in [2.75, 3.05) is 21.0 Å². The summed E-state index contributed by atoms with van der Waals surface area (Å²) in [4.78, 5) is 3.16. The Morgan fingerprint density at radius 1 is 1.12 bits per heavy atom. The van der Waals surface area contributed by atoms with Crippen molar-refractivity contribution < 1.29 is 18.9 Å². The molecule has 0 saturated carbocycles. The van der Waals surface area contributed by atoms with Crippen LogP contribution in [0.3, 0.4) is 0 Å². The van der Waals surface area contributed by atoms with E-state index in [0.717, 1.165) is 16.8 Å². The molecule has 2 N–H and O–H groups in total. The van der Waals surface area contributed by atoms with Gasteiger partial charge in [0.2, 0.25) is 6.79 Å². The van der Waals surface area contributed by atoms with Crippen LogP contribution in [0.25, 0.3) is 10.9 Å². The van der Waals surface area contributed by atoms with Crippen LogP contribution in [0.15, 0.2) is 30.3 Å². The maximum Gasteiger partial charge on any atom is 0.231 e. The second-order valence-corrected chi connectivity index (χ2v) is 6.19. The summed E-state index contributed by atoms with van der Waals surface area (Å²) < 4.78 is 23.6. The maximum atomic E-state index is 8.61. The molecule has 2 aromatic carbocycles. The molecule has 2 heterocycles. The molecule has 0 unspecified atom stereocenters. The van der Waals surface area contributed by atoms with Gasteiger partial charge >= 0.3 is 0 Å². The monoisotopic (exact) mass is 371 g/mol. The Morgan fingerprint density at radius 2 is 1.85 bits per heavy atom. The molecule has 0 amide bonds. The van der Waals surface area contributed by atoms with E-state index in [1.165, 1.54) is 0 Å². The Labute approximate surface area is 154 Å². The van der Waals surface area contributed by atoms with Crippen molar-refractivity contribution >= 4 is 23.1 Å². The molecule has 26 heavy (non-hydrogen) atoms. The number of aromatic nitrogens is 2. The average molecular weight is 371 g/mol. The number of aromatic amines is 1. The Kier molecular flexibility index (Phi) is 4.04. The zero-order valence-electron chi connectivity index (χ0n) is 14.3. The van der Waals surface area contributed by atoms with Gasteiger partial charge in [-0.25, -0.2) is 0 Å². The number of rotatable bonds is 4. The lowest BCUT2D eigenvalue weighted by atomic mass is 10.2. The van der Waals surface area contributed by atoms with Gasteiger partial charge in [0.1, 0.15) is 5.49 Å². The minimum atomic E-state index is 0.229. The largest absolute Gasteiger partial charge is 0.493 e. The number of nitrogens with one attached hydrogen (secondary N) is 2. The maximum absolute atomic E-state index is 8.61. The van der Waals surface area contributed by atoms with Crippen molar-refractivity contribution in [2.24, 2.45) is 0 Å². The number of H-pyrrole nitrogens is 1. The smallest absolute Gasteiger partial charge is 0.231 e. The second kappa shape index (κ2) is 6.38. The Bertz CT molecular complexity index is 1120. The molecule has 0 radical (unpaired) electrons. The van der Waals surface area contributed by atoms with Gasteiger partial charge in [0.15, 0.2) is 27.8 Å². The van der Waals surface area contributed by atoms with Gasteiger partial charge in [0, 0.05) is 11.5 Å². The van der Waals surface area contributed by atoms with Crippen LogP contribution in [0.2, 0.25) is 0 Å². The summed E-state index contributed by atoms with van der Waals surface area (Å²) in [5.41, 5.74) is 1.98. The fourth-order valence-electron chi connectivity index (χ4n) is 2.98. The van der Waals surface area contributed by atoms with E-state index in [2.05, 4.69) is 4.98 Å². The molecule has 1 aromatic heterocycles. The standard InChI is InChI=1S/C18H17N3O4S/c1-22-14-6-11-12(7-15(14)23-2)20-18(26)21(17(11)19)8-10-3-4-13-16(5-10)25-9-24-13/h3-7,19H,8-9H2,1-2H3,(H,20,26). The summed E-state index contributed by atoms with van der Waals surface area (Å²) in [6.45, 7) is 0.669. The van der Waals surface area contributed by atoms with Crippen LogP contribution < -0.4 is 24.4 Å². The molecule has 0 bridgehead atoms. The summed E-state index contributed by atoms with van der Waals surface area (Å²) in [7, 11) is 3.14. The van der Waals surface area contributed by atoms with Crippen LogP contribution in [0.5, 0.6) is 23.0 Å². The van der Waals surface area contributed by atoms with Gasteiger partial charge in [0.05, 0.1) is 26.3 Å². The quantitative estimate of drug-likeness (QED) is 0.689. The minimum absolute atomic E-state index is 0.229. The summed E-state index contributed by atoms with van der Waals surface area (Å²) in [6, 6.07) is 9.27. The van der Waals surface area contributed by atoms with Gasteiger partial charge in [0.25, 0.3) is 0 Å². The van der Waals surface area contributed by atoms with Gasteiger partial charge in [-0.15, -0.1) is 0 Å². The van der Waals surface area contributed by atoms with Gasteiger partial charge in [-0.1, -0.05) is 6.07 Å². The van der Waals surface area contributed by atoms with Crippen molar-refractivity contribution in [3.63, 3.8) is 0 Å². The zero-order chi connectivity index (χ0) is 18.3. The topological polar surface area (TPSA) is 81.5 Å². The molecule has 3 aromatic rings.